The van der Waals surface area contributed by atoms with E-state index >= 15 is 0 Å². The predicted molar refractivity (Wildman–Crippen MR) is 66.3 cm³/mol. The average molecular weight is 270 g/mol. The van der Waals surface area contributed by atoms with Gasteiger partial charge in [0, 0.05) is 11.5 Å². The second-order valence-corrected chi connectivity index (χ2v) is 5.20. The molecule has 0 aromatic carbocycles. The van der Waals surface area contributed by atoms with Crippen molar-refractivity contribution in [3.63, 3.8) is 0 Å². The minimum Gasteiger partial charge on any atom is -0.467 e. The molecule has 0 bridgehead atoms. The standard InChI is InChI=1S/C11H18N4O4/c1-11(2,3)19-10(17)15-6-5-7(13-14-12)8(15)9(16)18-4/h7-8H,5-6H2,1-4H3/t7-,8-/m0/s1. The third kappa shape index (κ3) is 3.75. The number of hydrogen-bond acceptors (Lipinski definition) is 5. The molecule has 0 aromatic rings. The van der Waals surface area contributed by atoms with Crippen molar-refractivity contribution >= 4 is 12.1 Å². The third-order valence-corrected chi connectivity index (χ3v) is 2.64. The normalized spacial score (nSPS) is 22.6. The van der Waals surface area contributed by atoms with Crippen molar-refractivity contribution in [1.82, 2.24) is 4.90 Å². The maximum Gasteiger partial charge on any atom is 0.411 e. The number of amides is 1. The van der Waals surface area contributed by atoms with Crippen molar-refractivity contribution in [2.24, 2.45) is 5.11 Å². The summed E-state index contributed by atoms with van der Waals surface area (Å²) in [7, 11) is 1.22. The summed E-state index contributed by atoms with van der Waals surface area (Å²) in [5.41, 5.74) is 7.82. The molecule has 0 aromatic heterocycles. The number of nitrogens with zero attached hydrogens (tertiary/aromatic N) is 4. The summed E-state index contributed by atoms with van der Waals surface area (Å²) in [6, 6.07) is -1.54. The second kappa shape index (κ2) is 5.79. The van der Waals surface area contributed by atoms with Crippen LogP contribution in [0.2, 0.25) is 0 Å². The van der Waals surface area contributed by atoms with E-state index in [1.165, 1.54) is 12.0 Å². The fraction of sp³-hybridized carbons (Fsp3) is 0.818. The van der Waals surface area contributed by atoms with Gasteiger partial charge in [-0.1, -0.05) is 5.11 Å². The van der Waals surface area contributed by atoms with Crippen LogP contribution >= 0.6 is 0 Å². The molecular formula is C11H18N4O4. The van der Waals surface area contributed by atoms with E-state index in [-0.39, 0.29) is 0 Å². The molecule has 1 rings (SSSR count). The van der Waals surface area contributed by atoms with E-state index in [4.69, 9.17) is 10.3 Å². The highest BCUT2D eigenvalue weighted by atomic mass is 16.6. The van der Waals surface area contributed by atoms with Gasteiger partial charge in [0.05, 0.1) is 13.2 Å². The van der Waals surface area contributed by atoms with Crippen LogP contribution in [0.25, 0.3) is 10.4 Å². The van der Waals surface area contributed by atoms with Gasteiger partial charge in [-0.2, -0.15) is 0 Å². The zero-order valence-corrected chi connectivity index (χ0v) is 11.5. The number of carbonyl (C=O) groups excluding carboxylic acids is 2. The molecule has 1 saturated heterocycles. The van der Waals surface area contributed by atoms with Gasteiger partial charge < -0.3 is 9.47 Å². The molecule has 0 N–H and O–H groups in total. The Balaban J connectivity index is 2.90. The van der Waals surface area contributed by atoms with E-state index in [0.29, 0.717) is 13.0 Å². The Morgan fingerprint density at radius 1 is 1.42 bits per heavy atom. The summed E-state index contributed by atoms with van der Waals surface area (Å²) in [4.78, 5) is 27.7. The summed E-state index contributed by atoms with van der Waals surface area (Å²) in [5.74, 6) is -0.610. The maximum atomic E-state index is 12.0. The van der Waals surface area contributed by atoms with Gasteiger partial charge in [-0.25, -0.2) is 9.59 Å². The number of esters is 1. The molecular weight excluding hydrogens is 252 g/mol. The first-order chi connectivity index (χ1) is 8.80. The highest BCUT2D eigenvalue weighted by Gasteiger charge is 2.43. The zero-order valence-electron chi connectivity index (χ0n) is 11.5. The predicted octanol–water partition coefficient (Wildman–Crippen LogP) is 1.85. The van der Waals surface area contributed by atoms with E-state index < -0.39 is 29.7 Å². The summed E-state index contributed by atoms with van der Waals surface area (Å²) in [6.45, 7) is 5.50. The Hall–Kier alpha value is -1.95. The SMILES string of the molecule is COC(=O)[C@@H]1[C@@H](N=[N+]=[N-])CCN1C(=O)OC(C)(C)C. The molecule has 106 valence electrons. The van der Waals surface area contributed by atoms with Crippen molar-refractivity contribution in [1.29, 1.82) is 0 Å². The lowest BCUT2D eigenvalue weighted by molar-refractivity contribution is -0.146. The Labute approximate surface area is 111 Å². The van der Waals surface area contributed by atoms with E-state index in [1.807, 2.05) is 0 Å². The first-order valence-corrected chi connectivity index (χ1v) is 5.92. The van der Waals surface area contributed by atoms with Crippen LogP contribution in [0.5, 0.6) is 0 Å². The van der Waals surface area contributed by atoms with Crippen molar-refractivity contribution < 1.29 is 19.1 Å². The van der Waals surface area contributed by atoms with Crippen LogP contribution in [0.15, 0.2) is 5.11 Å². The van der Waals surface area contributed by atoms with Crippen molar-refractivity contribution in [2.75, 3.05) is 13.7 Å². The van der Waals surface area contributed by atoms with Gasteiger partial charge in [0.2, 0.25) is 0 Å². The molecule has 0 saturated carbocycles. The zero-order chi connectivity index (χ0) is 14.6. The van der Waals surface area contributed by atoms with E-state index in [2.05, 4.69) is 14.8 Å². The van der Waals surface area contributed by atoms with E-state index in [1.54, 1.807) is 20.8 Å². The number of methoxy groups -OCH3 is 1. The number of rotatable bonds is 2. The Kier molecular flexibility index (Phi) is 4.61. The molecule has 2 atom stereocenters. The number of hydrogen-bond donors (Lipinski definition) is 0. The van der Waals surface area contributed by atoms with Gasteiger partial charge in [-0.05, 0) is 32.7 Å². The molecule has 8 heteroatoms. The summed E-state index contributed by atoms with van der Waals surface area (Å²) >= 11 is 0. The van der Waals surface area contributed by atoms with Gasteiger partial charge >= 0.3 is 12.1 Å². The van der Waals surface area contributed by atoms with Crippen LogP contribution in [0.1, 0.15) is 27.2 Å². The molecule has 0 radical (unpaired) electrons. The van der Waals surface area contributed by atoms with Crippen LogP contribution in [-0.4, -0.2) is 48.3 Å². The molecule has 1 aliphatic rings. The Morgan fingerprint density at radius 3 is 2.53 bits per heavy atom. The summed E-state index contributed by atoms with van der Waals surface area (Å²) in [5, 5.41) is 3.53. The molecule has 0 aliphatic carbocycles. The molecule has 0 unspecified atom stereocenters. The van der Waals surface area contributed by atoms with Crippen LogP contribution in [0.3, 0.4) is 0 Å². The van der Waals surface area contributed by atoms with Gasteiger partial charge in [-0.3, -0.25) is 4.90 Å². The van der Waals surface area contributed by atoms with Crippen molar-refractivity contribution in [3.05, 3.63) is 10.4 Å². The van der Waals surface area contributed by atoms with Crippen LogP contribution in [0, 0.1) is 0 Å². The largest absolute Gasteiger partial charge is 0.467 e. The van der Waals surface area contributed by atoms with Gasteiger partial charge in [0.15, 0.2) is 0 Å². The lowest BCUT2D eigenvalue weighted by Gasteiger charge is -2.28. The van der Waals surface area contributed by atoms with E-state index in [0.717, 1.165) is 0 Å². The molecule has 1 heterocycles. The average Bonchev–Trinajstić information content (AvgIpc) is 2.70. The number of carbonyl (C=O) groups is 2. The van der Waals surface area contributed by atoms with Gasteiger partial charge in [0.1, 0.15) is 11.6 Å². The fourth-order valence-electron chi connectivity index (χ4n) is 1.89. The molecule has 1 amide bonds. The minimum absolute atomic E-state index is 0.290. The third-order valence-electron chi connectivity index (χ3n) is 2.64. The number of ether oxygens (including phenoxy) is 2. The van der Waals surface area contributed by atoms with Gasteiger partial charge in [-0.15, -0.1) is 0 Å². The summed E-state index contributed by atoms with van der Waals surface area (Å²) in [6.07, 6.45) is -0.207. The molecule has 1 aliphatic heterocycles. The first kappa shape index (κ1) is 15.1. The first-order valence-electron chi connectivity index (χ1n) is 5.92. The Bertz CT molecular complexity index is 411. The topological polar surface area (TPSA) is 105 Å². The van der Waals surface area contributed by atoms with Crippen molar-refractivity contribution in [3.8, 4) is 0 Å². The molecule has 1 fully saturated rings. The Morgan fingerprint density at radius 2 is 2.05 bits per heavy atom. The van der Waals surface area contributed by atoms with Gasteiger partial charge in [0.25, 0.3) is 0 Å². The smallest absolute Gasteiger partial charge is 0.411 e. The van der Waals surface area contributed by atoms with Crippen LogP contribution in [0.4, 0.5) is 4.79 Å². The maximum absolute atomic E-state index is 12.0. The highest BCUT2D eigenvalue weighted by molar-refractivity contribution is 5.83. The minimum atomic E-state index is -0.921. The summed E-state index contributed by atoms with van der Waals surface area (Å²) < 4.78 is 9.87. The van der Waals surface area contributed by atoms with Crippen molar-refractivity contribution in [2.45, 2.75) is 44.9 Å². The quantitative estimate of drug-likeness (QED) is 0.330. The molecule has 19 heavy (non-hydrogen) atoms. The lowest BCUT2D eigenvalue weighted by Crippen LogP contribution is -2.47. The lowest BCUT2D eigenvalue weighted by atomic mass is 10.1. The highest BCUT2D eigenvalue weighted by Crippen LogP contribution is 2.24. The fourth-order valence-corrected chi connectivity index (χ4v) is 1.89. The molecule has 8 nitrogen and oxygen atoms in total. The van der Waals surface area contributed by atoms with Crippen LogP contribution < -0.4 is 0 Å². The second-order valence-electron chi connectivity index (χ2n) is 5.20. The van der Waals surface area contributed by atoms with Crippen LogP contribution in [-0.2, 0) is 14.3 Å². The molecule has 0 spiro atoms. The number of azide groups is 1. The van der Waals surface area contributed by atoms with E-state index in [9.17, 15) is 9.59 Å². The number of likely N-dealkylation sites (tertiary alicyclic amines) is 1. The monoisotopic (exact) mass is 270 g/mol.